The highest BCUT2D eigenvalue weighted by Crippen LogP contribution is 2.19. The summed E-state index contributed by atoms with van der Waals surface area (Å²) < 4.78 is 5.50. The van der Waals surface area contributed by atoms with E-state index in [0.717, 1.165) is 44.9 Å². The minimum absolute atomic E-state index is 0.0113. The first-order valence-corrected chi connectivity index (χ1v) is 34.6. The maximum Gasteiger partial charge on any atom is 0.305 e. The molecule has 0 fully saturated rings. The quantitative estimate of drug-likeness (QED) is 0.0320. The normalized spacial score (nSPS) is 12.6. The molecule has 0 aliphatic carbocycles. The lowest BCUT2D eigenvalue weighted by atomic mass is 10.0. The zero-order chi connectivity index (χ0) is 55.0. The number of carbonyl (C=O) groups is 2. The Labute approximate surface area is 475 Å². The van der Waals surface area contributed by atoms with E-state index in [9.17, 15) is 19.8 Å². The summed E-state index contributed by atoms with van der Waals surface area (Å²) in [7, 11) is 0. The van der Waals surface area contributed by atoms with Crippen LogP contribution in [0.15, 0.2) is 24.3 Å². The van der Waals surface area contributed by atoms with E-state index in [1.54, 1.807) is 6.08 Å². The highest BCUT2D eigenvalue weighted by atomic mass is 16.5. The standard InChI is InChI=1S/C70H135NO5/c1-3-5-7-9-11-13-15-17-19-21-27-31-34-38-42-46-50-54-58-62-68(73)67(66-72)71-69(74)63-59-55-51-47-43-39-35-32-28-25-23-22-24-26-29-33-37-41-45-49-53-57-61-65-76-70(75)64-60-56-52-48-44-40-36-30-20-18-16-14-12-10-8-6-4-2/h18,20,58,62,67-68,72-73H,3-17,19,21-57,59-61,63-66H2,1-2H3,(H,71,74)/b20-18-,62-58+. The van der Waals surface area contributed by atoms with E-state index in [-0.39, 0.29) is 18.5 Å². The number of amides is 1. The van der Waals surface area contributed by atoms with Gasteiger partial charge in [0.15, 0.2) is 0 Å². The second-order valence-corrected chi connectivity index (χ2v) is 23.9. The Kier molecular flexibility index (Phi) is 64.4. The number of nitrogens with one attached hydrogen (secondary N) is 1. The highest BCUT2D eigenvalue weighted by Gasteiger charge is 2.18. The van der Waals surface area contributed by atoms with Crippen LogP contribution in [0.1, 0.15) is 386 Å². The van der Waals surface area contributed by atoms with Crippen LogP contribution in [-0.2, 0) is 14.3 Å². The second-order valence-electron chi connectivity index (χ2n) is 23.9. The molecule has 0 saturated carbocycles. The zero-order valence-corrected chi connectivity index (χ0v) is 51.5. The van der Waals surface area contributed by atoms with Gasteiger partial charge in [-0.3, -0.25) is 9.59 Å². The van der Waals surface area contributed by atoms with Crippen LogP contribution in [-0.4, -0.2) is 47.4 Å². The van der Waals surface area contributed by atoms with Crippen molar-refractivity contribution in [3.05, 3.63) is 24.3 Å². The summed E-state index contributed by atoms with van der Waals surface area (Å²) in [6.45, 7) is 4.93. The number of aliphatic hydroxyl groups excluding tert-OH is 2. The van der Waals surface area contributed by atoms with Gasteiger partial charge >= 0.3 is 5.97 Å². The first kappa shape index (κ1) is 74.3. The van der Waals surface area contributed by atoms with Crippen LogP contribution in [0, 0.1) is 0 Å². The molecule has 0 spiro atoms. The Bertz CT molecular complexity index is 1190. The summed E-state index contributed by atoms with van der Waals surface area (Å²) in [5.41, 5.74) is 0. The molecule has 0 radical (unpaired) electrons. The fourth-order valence-corrected chi connectivity index (χ4v) is 10.9. The van der Waals surface area contributed by atoms with Crippen molar-refractivity contribution in [2.45, 2.75) is 398 Å². The SMILES string of the molecule is CCCCCCCC/C=C\CCCCCCCCCC(=O)OCCCCCCCCCCCCCCCCCCCCCCCCCC(=O)NC(CO)C(O)/C=C/CCCCCCCCCCCCCCCCCCC. The molecule has 3 N–H and O–H groups in total. The molecule has 0 aliphatic rings. The Morgan fingerprint density at radius 1 is 0.355 bits per heavy atom. The van der Waals surface area contributed by atoms with Crippen LogP contribution in [0.2, 0.25) is 0 Å². The third-order valence-corrected chi connectivity index (χ3v) is 16.2. The number of ether oxygens (including phenoxy) is 1. The van der Waals surface area contributed by atoms with Gasteiger partial charge in [0.25, 0.3) is 0 Å². The van der Waals surface area contributed by atoms with E-state index in [4.69, 9.17) is 4.74 Å². The van der Waals surface area contributed by atoms with Crippen molar-refractivity contribution < 1.29 is 24.5 Å². The maximum absolute atomic E-state index is 12.5. The molecule has 0 aromatic heterocycles. The van der Waals surface area contributed by atoms with Gasteiger partial charge in [0.2, 0.25) is 5.91 Å². The van der Waals surface area contributed by atoms with Crippen LogP contribution < -0.4 is 5.32 Å². The minimum Gasteiger partial charge on any atom is -0.466 e. The Hall–Kier alpha value is -1.66. The molecule has 450 valence electrons. The van der Waals surface area contributed by atoms with Gasteiger partial charge in [0, 0.05) is 12.8 Å². The number of rotatable bonds is 65. The molecular formula is C70H135NO5. The third kappa shape index (κ3) is 61.6. The van der Waals surface area contributed by atoms with Gasteiger partial charge in [-0.05, 0) is 57.8 Å². The summed E-state index contributed by atoms with van der Waals surface area (Å²) in [6.07, 6.45) is 82.4. The number of carbonyl (C=O) groups excluding carboxylic acids is 2. The first-order chi connectivity index (χ1) is 37.5. The smallest absolute Gasteiger partial charge is 0.305 e. The monoisotopic (exact) mass is 1070 g/mol. The van der Waals surface area contributed by atoms with Gasteiger partial charge in [-0.1, -0.05) is 340 Å². The molecular weight excluding hydrogens is 935 g/mol. The van der Waals surface area contributed by atoms with Crippen LogP contribution in [0.25, 0.3) is 0 Å². The van der Waals surface area contributed by atoms with Crippen molar-refractivity contribution in [1.29, 1.82) is 0 Å². The zero-order valence-electron chi connectivity index (χ0n) is 51.5. The van der Waals surface area contributed by atoms with Crippen LogP contribution >= 0.6 is 0 Å². The molecule has 1 amide bonds. The molecule has 6 nitrogen and oxygen atoms in total. The predicted octanol–water partition coefficient (Wildman–Crippen LogP) is 22.1. The van der Waals surface area contributed by atoms with Gasteiger partial charge in [0.05, 0.1) is 25.4 Å². The molecule has 0 bridgehead atoms. The Morgan fingerprint density at radius 3 is 0.934 bits per heavy atom. The molecule has 0 aliphatic heterocycles. The number of hydrogen-bond donors (Lipinski definition) is 3. The van der Waals surface area contributed by atoms with Crippen LogP contribution in [0.4, 0.5) is 0 Å². The molecule has 0 heterocycles. The largest absolute Gasteiger partial charge is 0.466 e. The second kappa shape index (κ2) is 65.9. The van der Waals surface area contributed by atoms with E-state index >= 15 is 0 Å². The number of unbranched alkanes of at least 4 members (excludes halogenated alkanes) is 52. The van der Waals surface area contributed by atoms with Gasteiger partial charge in [0.1, 0.15) is 0 Å². The summed E-state index contributed by atoms with van der Waals surface area (Å²) in [6, 6.07) is -0.628. The van der Waals surface area contributed by atoms with Crippen molar-refractivity contribution in [2.24, 2.45) is 0 Å². The van der Waals surface area contributed by atoms with E-state index in [1.807, 2.05) is 6.08 Å². The van der Waals surface area contributed by atoms with Crippen molar-refractivity contribution in [1.82, 2.24) is 5.32 Å². The van der Waals surface area contributed by atoms with Gasteiger partial charge in [-0.2, -0.15) is 0 Å². The van der Waals surface area contributed by atoms with Crippen LogP contribution in [0.3, 0.4) is 0 Å². The maximum atomic E-state index is 12.5. The molecule has 6 heteroatoms. The molecule has 2 unspecified atom stereocenters. The summed E-state index contributed by atoms with van der Waals surface area (Å²) in [4.78, 5) is 24.6. The molecule has 76 heavy (non-hydrogen) atoms. The number of hydrogen-bond acceptors (Lipinski definition) is 5. The minimum atomic E-state index is -0.845. The van der Waals surface area contributed by atoms with Crippen LogP contribution in [0.5, 0.6) is 0 Å². The Balaban J connectivity index is 3.39. The highest BCUT2D eigenvalue weighted by molar-refractivity contribution is 5.76. The van der Waals surface area contributed by atoms with E-state index in [0.29, 0.717) is 19.4 Å². The Morgan fingerprint density at radius 2 is 0.618 bits per heavy atom. The van der Waals surface area contributed by atoms with Crippen molar-refractivity contribution >= 4 is 11.9 Å². The van der Waals surface area contributed by atoms with Crippen molar-refractivity contribution in [2.75, 3.05) is 13.2 Å². The lowest BCUT2D eigenvalue weighted by molar-refractivity contribution is -0.143. The summed E-state index contributed by atoms with van der Waals surface area (Å²) in [5, 5.41) is 23.2. The molecule has 0 saturated heterocycles. The third-order valence-electron chi connectivity index (χ3n) is 16.2. The van der Waals surface area contributed by atoms with Crippen molar-refractivity contribution in [3.8, 4) is 0 Å². The van der Waals surface area contributed by atoms with E-state index in [1.165, 1.54) is 315 Å². The molecule has 0 aromatic rings. The van der Waals surface area contributed by atoms with Gasteiger partial charge < -0.3 is 20.3 Å². The predicted molar refractivity (Wildman–Crippen MR) is 333 cm³/mol. The van der Waals surface area contributed by atoms with Gasteiger partial charge in [-0.15, -0.1) is 0 Å². The summed E-state index contributed by atoms with van der Waals surface area (Å²) in [5.74, 6) is -0.0526. The lowest BCUT2D eigenvalue weighted by Crippen LogP contribution is -2.45. The lowest BCUT2D eigenvalue weighted by Gasteiger charge is -2.20. The number of esters is 1. The number of aliphatic hydroxyl groups is 2. The molecule has 0 aromatic carbocycles. The first-order valence-electron chi connectivity index (χ1n) is 34.6. The summed E-state index contributed by atoms with van der Waals surface area (Å²) >= 11 is 0. The average Bonchev–Trinajstić information content (AvgIpc) is 3.42. The topological polar surface area (TPSA) is 95.9 Å². The van der Waals surface area contributed by atoms with Gasteiger partial charge in [-0.25, -0.2) is 0 Å². The fourth-order valence-electron chi connectivity index (χ4n) is 10.9. The fraction of sp³-hybridized carbons (Fsp3) is 0.914. The number of allylic oxidation sites excluding steroid dienone is 3. The average molecular weight is 1070 g/mol. The molecule has 2 atom stereocenters. The van der Waals surface area contributed by atoms with E-state index < -0.39 is 12.1 Å². The molecule has 0 rings (SSSR count). The van der Waals surface area contributed by atoms with Crippen molar-refractivity contribution in [3.63, 3.8) is 0 Å². The van der Waals surface area contributed by atoms with E-state index in [2.05, 4.69) is 31.3 Å².